The first kappa shape index (κ1) is 13.8. The van der Waals surface area contributed by atoms with Crippen molar-refractivity contribution in [2.75, 3.05) is 0 Å². The highest BCUT2D eigenvalue weighted by Crippen LogP contribution is 2.26. The van der Waals surface area contributed by atoms with Crippen LogP contribution >= 0.6 is 0 Å². The van der Waals surface area contributed by atoms with Gasteiger partial charge in [-0.1, -0.05) is 20.8 Å². The zero-order valence-corrected chi connectivity index (χ0v) is 11.4. The molecule has 0 amide bonds. The summed E-state index contributed by atoms with van der Waals surface area (Å²) < 4.78 is 2.29. The number of carbonyl (C=O) groups is 1. The summed E-state index contributed by atoms with van der Waals surface area (Å²) in [4.78, 5) is 10.8. The van der Waals surface area contributed by atoms with E-state index in [1.165, 1.54) is 17.0 Å². The molecule has 0 saturated carbocycles. The highest BCUT2D eigenvalue weighted by molar-refractivity contribution is 5.68. The Morgan fingerprint density at radius 3 is 2.41 bits per heavy atom. The van der Waals surface area contributed by atoms with Crippen LogP contribution < -0.4 is 0 Å². The van der Waals surface area contributed by atoms with Gasteiger partial charge in [-0.3, -0.25) is 4.79 Å². The Hall–Kier alpha value is -1.25. The van der Waals surface area contributed by atoms with Crippen molar-refractivity contribution in [1.82, 2.24) is 4.57 Å². The van der Waals surface area contributed by atoms with Crippen molar-refractivity contribution in [1.29, 1.82) is 0 Å². The van der Waals surface area contributed by atoms with E-state index in [1.807, 2.05) is 6.92 Å². The van der Waals surface area contributed by atoms with Gasteiger partial charge < -0.3 is 9.67 Å². The molecule has 0 bridgehead atoms. The van der Waals surface area contributed by atoms with Crippen LogP contribution in [0.2, 0.25) is 0 Å². The largest absolute Gasteiger partial charge is 0.481 e. The van der Waals surface area contributed by atoms with Crippen LogP contribution in [0.5, 0.6) is 0 Å². The van der Waals surface area contributed by atoms with Gasteiger partial charge in [-0.2, -0.15) is 0 Å². The van der Waals surface area contributed by atoms with Crippen LogP contribution in [0.1, 0.15) is 50.1 Å². The minimum Gasteiger partial charge on any atom is -0.481 e. The molecule has 0 aromatic carbocycles. The second-order valence-electron chi connectivity index (χ2n) is 5.33. The average molecular weight is 237 g/mol. The van der Waals surface area contributed by atoms with Crippen LogP contribution in [-0.2, 0) is 11.3 Å². The molecular weight excluding hydrogens is 214 g/mol. The number of rotatable bonds is 5. The van der Waals surface area contributed by atoms with Gasteiger partial charge in [-0.05, 0) is 37.3 Å². The lowest BCUT2D eigenvalue weighted by atomic mass is 9.98. The molecule has 0 aliphatic rings. The normalized spacial score (nSPS) is 13.1. The number of hydrogen-bond donors (Lipinski definition) is 1. The molecule has 0 radical (unpaired) electrons. The Morgan fingerprint density at radius 2 is 1.94 bits per heavy atom. The lowest BCUT2D eigenvalue weighted by Crippen LogP contribution is -2.09. The molecule has 17 heavy (non-hydrogen) atoms. The summed E-state index contributed by atoms with van der Waals surface area (Å²) in [5, 5.41) is 8.85. The van der Waals surface area contributed by atoms with E-state index in [0.29, 0.717) is 5.92 Å². The minimum atomic E-state index is -0.730. The summed E-state index contributed by atoms with van der Waals surface area (Å²) >= 11 is 0. The molecule has 1 heterocycles. The van der Waals surface area contributed by atoms with E-state index in [2.05, 4.69) is 38.3 Å². The summed E-state index contributed by atoms with van der Waals surface area (Å²) in [7, 11) is 0. The average Bonchev–Trinajstić information content (AvgIpc) is 2.44. The molecule has 3 nitrogen and oxygen atoms in total. The maximum absolute atomic E-state index is 10.8. The summed E-state index contributed by atoms with van der Waals surface area (Å²) in [5.41, 5.74) is 3.61. The summed E-state index contributed by atoms with van der Waals surface area (Å²) in [6, 6.07) is 2.13. The molecule has 0 spiro atoms. The molecule has 0 saturated heterocycles. The number of aromatic nitrogens is 1. The highest BCUT2D eigenvalue weighted by atomic mass is 16.4. The Morgan fingerprint density at radius 1 is 1.35 bits per heavy atom. The fourth-order valence-electron chi connectivity index (χ4n) is 2.34. The van der Waals surface area contributed by atoms with Crippen molar-refractivity contribution in [3.05, 3.63) is 23.0 Å². The fourth-order valence-corrected chi connectivity index (χ4v) is 2.34. The van der Waals surface area contributed by atoms with Gasteiger partial charge in [0, 0.05) is 17.9 Å². The quantitative estimate of drug-likeness (QED) is 0.853. The van der Waals surface area contributed by atoms with Crippen molar-refractivity contribution < 1.29 is 9.90 Å². The number of carboxylic acid groups (broad SMARTS) is 1. The standard InChI is InChI=1S/C14H23NO2/c1-9(2)8-15-11(4)7-13(12(15)5)10(3)6-14(16)17/h7,9-10H,6,8H2,1-5H3,(H,16,17). The molecule has 1 atom stereocenters. The molecule has 0 fully saturated rings. The number of aryl methyl sites for hydroxylation is 1. The van der Waals surface area contributed by atoms with E-state index in [-0.39, 0.29) is 12.3 Å². The van der Waals surface area contributed by atoms with Crippen LogP contribution in [0.3, 0.4) is 0 Å². The highest BCUT2D eigenvalue weighted by Gasteiger charge is 2.17. The summed E-state index contributed by atoms with van der Waals surface area (Å²) in [5.74, 6) is -0.0480. The molecule has 1 rings (SSSR count). The molecule has 1 aromatic heterocycles. The van der Waals surface area contributed by atoms with Crippen molar-refractivity contribution in [2.24, 2.45) is 5.92 Å². The molecule has 0 aliphatic carbocycles. The van der Waals surface area contributed by atoms with E-state index in [9.17, 15) is 4.79 Å². The fraction of sp³-hybridized carbons (Fsp3) is 0.643. The first-order valence-corrected chi connectivity index (χ1v) is 6.21. The van der Waals surface area contributed by atoms with E-state index >= 15 is 0 Å². The van der Waals surface area contributed by atoms with Gasteiger partial charge in [0.1, 0.15) is 0 Å². The van der Waals surface area contributed by atoms with Gasteiger partial charge in [0.25, 0.3) is 0 Å². The monoisotopic (exact) mass is 237 g/mol. The van der Waals surface area contributed by atoms with Gasteiger partial charge in [0.15, 0.2) is 0 Å². The van der Waals surface area contributed by atoms with E-state index in [1.54, 1.807) is 0 Å². The van der Waals surface area contributed by atoms with Crippen LogP contribution in [-0.4, -0.2) is 15.6 Å². The third-order valence-electron chi connectivity index (χ3n) is 3.17. The first-order chi connectivity index (χ1) is 7.82. The summed E-state index contributed by atoms with van der Waals surface area (Å²) in [6.07, 6.45) is 0.200. The van der Waals surface area contributed by atoms with Crippen LogP contribution in [0.4, 0.5) is 0 Å². The number of carboxylic acids is 1. The maximum Gasteiger partial charge on any atom is 0.303 e. The number of nitrogens with zero attached hydrogens (tertiary/aromatic N) is 1. The van der Waals surface area contributed by atoms with Crippen molar-refractivity contribution in [3.63, 3.8) is 0 Å². The van der Waals surface area contributed by atoms with E-state index in [0.717, 1.165) is 6.54 Å². The second-order valence-corrected chi connectivity index (χ2v) is 5.33. The lowest BCUT2D eigenvalue weighted by molar-refractivity contribution is -0.137. The molecule has 96 valence electrons. The molecule has 1 unspecified atom stereocenters. The Kier molecular flexibility index (Phi) is 4.38. The number of aliphatic carboxylic acids is 1. The Labute approximate surface area is 103 Å². The molecule has 1 aromatic rings. The predicted octanol–water partition coefficient (Wildman–Crippen LogP) is 3.34. The third kappa shape index (κ3) is 3.35. The minimum absolute atomic E-state index is 0.0830. The smallest absolute Gasteiger partial charge is 0.303 e. The van der Waals surface area contributed by atoms with Crippen LogP contribution in [0.15, 0.2) is 6.07 Å². The summed E-state index contributed by atoms with van der Waals surface area (Å²) in [6.45, 7) is 11.5. The first-order valence-electron chi connectivity index (χ1n) is 6.21. The zero-order valence-electron chi connectivity index (χ0n) is 11.4. The molecular formula is C14H23NO2. The van der Waals surface area contributed by atoms with Gasteiger partial charge >= 0.3 is 5.97 Å². The van der Waals surface area contributed by atoms with Crippen molar-refractivity contribution in [2.45, 2.75) is 53.5 Å². The van der Waals surface area contributed by atoms with Crippen molar-refractivity contribution >= 4 is 5.97 Å². The zero-order chi connectivity index (χ0) is 13.2. The topological polar surface area (TPSA) is 42.2 Å². The Balaban J connectivity index is 2.99. The Bertz CT molecular complexity index is 405. The molecule has 3 heteroatoms. The van der Waals surface area contributed by atoms with E-state index in [4.69, 9.17) is 5.11 Å². The van der Waals surface area contributed by atoms with E-state index < -0.39 is 5.97 Å². The van der Waals surface area contributed by atoms with Gasteiger partial charge in [0.2, 0.25) is 0 Å². The third-order valence-corrected chi connectivity index (χ3v) is 3.17. The molecule has 1 N–H and O–H groups in total. The van der Waals surface area contributed by atoms with Gasteiger partial charge in [0.05, 0.1) is 6.42 Å². The van der Waals surface area contributed by atoms with Crippen LogP contribution in [0, 0.1) is 19.8 Å². The maximum atomic E-state index is 10.8. The predicted molar refractivity (Wildman–Crippen MR) is 69.4 cm³/mol. The molecule has 0 aliphatic heterocycles. The van der Waals surface area contributed by atoms with Gasteiger partial charge in [-0.15, -0.1) is 0 Å². The van der Waals surface area contributed by atoms with Crippen molar-refractivity contribution in [3.8, 4) is 0 Å². The van der Waals surface area contributed by atoms with Crippen LogP contribution in [0.25, 0.3) is 0 Å². The SMILES string of the molecule is Cc1cc(C(C)CC(=O)O)c(C)n1CC(C)C. The lowest BCUT2D eigenvalue weighted by Gasteiger charge is -2.14. The number of hydrogen-bond acceptors (Lipinski definition) is 1. The van der Waals surface area contributed by atoms with Gasteiger partial charge in [-0.25, -0.2) is 0 Å². The second kappa shape index (κ2) is 5.39.